The van der Waals surface area contributed by atoms with E-state index in [9.17, 15) is 9.59 Å². The number of benzene rings is 2. The molecular weight excluding hydrogens is 352 g/mol. The van der Waals surface area contributed by atoms with Crippen LogP contribution in [0.2, 0.25) is 0 Å². The molecule has 2 amide bonds. The van der Waals surface area contributed by atoms with Crippen LogP contribution in [0.5, 0.6) is 0 Å². The van der Waals surface area contributed by atoms with Crippen molar-refractivity contribution in [2.24, 2.45) is 0 Å². The van der Waals surface area contributed by atoms with Crippen molar-refractivity contribution in [3.05, 3.63) is 58.7 Å². The number of hydrogen-bond donors (Lipinski definition) is 3. The first-order chi connectivity index (χ1) is 13.2. The number of nitrogens with zero attached hydrogens (tertiary/aromatic N) is 1. The van der Waals surface area contributed by atoms with Crippen molar-refractivity contribution < 1.29 is 14.5 Å². The zero-order chi connectivity index (χ0) is 20.8. The molecule has 6 heteroatoms. The molecule has 0 heterocycles. The third-order valence-corrected chi connectivity index (χ3v) is 4.79. The first-order valence-electron chi connectivity index (χ1n) is 9.22. The minimum atomic E-state index is -0.415. The van der Waals surface area contributed by atoms with Gasteiger partial charge in [0, 0.05) is 11.4 Å². The highest BCUT2D eigenvalue weighted by Crippen LogP contribution is 2.21. The van der Waals surface area contributed by atoms with Crippen LogP contribution in [0.1, 0.15) is 29.2 Å². The number of likely N-dealkylation sites (N-methyl/N-ethyl adjacent to an activating group) is 1. The Labute approximate surface area is 166 Å². The molecule has 0 bridgehead atoms. The second kappa shape index (κ2) is 9.16. The van der Waals surface area contributed by atoms with Gasteiger partial charge >= 0.3 is 0 Å². The van der Waals surface area contributed by atoms with E-state index in [0.717, 1.165) is 27.3 Å². The molecule has 0 radical (unpaired) electrons. The van der Waals surface area contributed by atoms with Crippen LogP contribution in [-0.2, 0) is 9.59 Å². The lowest BCUT2D eigenvalue weighted by molar-refractivity contribution is -0.885. The monoisotopic (exact) mass is 379 g/mol. The van der Waals surface area contributed by atoms with E-state index in [2.05, 4.69) is 10.6 Å². The summed E-state index contributed by atoms with van der Waals surface area (Å²) >= 11 is 0. The van der Waals surface area contributed by atoms with E-state index in [1.165, 1.54) is 0 Å². The average Bonchev–Trinajstić information content (AvgIpc) is 2.64. The van der Waals surface area contributed by atoms with Gasteiger partial charge in [0.05, 0.1) is 18.7 Å². The molecule has 2 rings (SSSR count). The smallest absolute Gasteiger partial charge is 0.282 e. The Kier molecular flexibility index (Phi) is 6.91. The SMILES string of the molecule is Cc1cc(C)c(NC(=O)C[NH+](C)[C@@H](C)C(=O)Nc2ccc(C#N)cc2)c(C)c1. The number of aryl methyl sites for hydroxylation is 3. The van der Waals surface area contributed by atoms with Crippen LogP contribution in [0.3, 0.4) is 0 Å². The van der Waals surface area contributed by atoms with Crippen LogP contribution in [0.25, 0.3) is 0 Å². The number of quaternary nitrogens is 1. The van der Waals surface area contributed by atoms with E-state index in [4.69, 9.17) is 5.26 Å². The van der Waals surface area contributed by atoms with Gasteiger partial charge in [-0.1, -0.05) is 17.7 Å². The van der Waals surface area contributed by atoms with E-state index < -0.39 is 6.04 Å². The molecule has 146 valence electrons. The minimum Gasteiger partial charge on any atom is -0.321 e. The number of hydrogen-bond acceptors (Lipinski definition) is 3. The Morgan fingerprint density at radius 1 is 1.07 bits per heavy atom. The predicted molar refractivity (Wildman–Crippen MR) is 110 cm³/mol. The molecule has 28 heavy (non-hydrogen) atoms. The molecule has 0 aromatic heterocycles. The minimum absolute atomic E-state index is 0.134. The van der Waals surface area contributed by atoms with Gasteiger partial charge in [0.1, 0.15) is 0 Å². The van der Waals surface area contributed by atoms with Crippen LogP contribution < -0.4 is 15.5 Å². The highest BCUT2D eigenvalue weighted by atomic mass is 16.2. The standard InChI is InChI=1S/C22H26N4O2/c1-14-10-15(2)21(16(3)11-14)25-20(27)13-26(5)17(4)22(28)24-19-8-6-18(12-23)7-9-19/h6-11,17H,13H2,1-5H3,(H,24,28)(H,25,27)/p+1/t17-/m0/s1. The normalized spacial score (nSPS) is 12.6. The molecule has 0 aliphatic heterocycles. The van der Waals surface area contributed by atoms with E-state index in [-0.39, 0.29) is 18.4 Å². The van der Waals surface area contributed by atoms with Gasteiger partial charge in [-0.05, 0) is 63.1 Å². The second-order valence-electron chi connectivity index (χ2n) is 7.25. The van der Waals surface area contributed by atoms with Crippen molar-refractivity contribution in [3.63, 3.8) is 0 Å². The number of amides is 2. The Morgan fingerprint density at radius 3 is 2.18 bits per heavy atom. The summed E-state index contributed by atoms with van der Waals surface area (Å²) in [7, 11) is 1.82. The molecule has 0 aliphatic rings. The Hall–Kier alpha value is -3.17. The lowest BCUT2D eigenvalue weighted by Crippen LogP contribution is -3.14. The fourth-order valence-electron chi connectivity index (χ4n) is 3.07. The summed E-state index contributed by atoms with van der Waals surface area (Å²) in [5.74, 6) is -0.316. The van der Waals surface area contributed by atoms with Gasteiger partial charge in [-0.3, -0.25) is 9.59 Å². The molecular formula is C22H27N4O2+. The van der Waals surface area contributed by atoms with Crippen molar-refractivity contribution in [1.82, 2.24) is 0 Å². The zero-order valence-corrected chi connectivity index (χ0v) is 17.0. The molecule has 0 aliphatic carbocycles. The van der Waals surface area contributed by atoms with Crippen LogP contribution in [0, 0.1) is 32.1 Å². The number of rotatable bonds is 6. The van der Waals surface area contributed by atoms with E-state index in [1.807, 2.05) is 46.0 Å². The number of carbonyl (C=O) groups excluding carboxylic acids is 2. The van der Waals surface area contributed by atoms with Crippen molar-refractivity contribution in [2.45, 2.75) is 33.7 Å². The summed E-state index contributed by atoms with van der Waals surface area (Å²) in [5.41, 5.74) is 5.19. The maximum atomic E-state index is 12.5. The average molecular weight is 379 g/mol. The summed E-state index contributed by atoms with van der Waals surface area (Å²) in [4.78, 5) is 25.7. The van der Waals surface area contributed by atoms with Gasteiger partial charge in [-0.2, -0.15) is 5.26 Å². The highest BCUT2D eigenvalue weighted by molar-refractivity contribution is 5.95. The molecule has 2 aromatic rings. The van der Waals surface area contributed by atoms with Gasteiger partial charge in [0.2, 0.25) is 0 Å². The molecule has 0 saturated heterocycles. The van der Waals surface area contributed by atoms with Crippen LogP contribution >= 0.6 is 0 Å². The molecule has 6 nitrogen and oxygen atoms in total. The first-order valence-corrected chi connectivity index (χ1v) is 9.22. The molecule has 0 spiro atoms. The highest BCUT2D eigenvalue weighted by Gasteiger charge is 2.24. The van der Waals surface area contributed by atoms with Gasteiger partial charge in [0.25, 0.3) is 11.8 Å². The number of anilines is 2. The van der Waals surface area contributed by atoms with Gasteiger partial charge in [-0.15, -0.1) is 0 Å². The maximum absolute atomic E-state index is 12.5. The van der Waals surface area contributed by atoms with Crippen LogP contribution in [0.15, 0.2) is 36.4 Å². The largest absolute Gasteiger partial charge is 0.321 e. The van der Waals surface area contributed by atoms with Gasteiger partial charge < -0.3 is 15.5 Å². The quantitative estimate of drug-likeness (QED) is 0.717. The predicted octanol–water partition coefficient (Wildman–Crippen LogP) is 1.96. The summed E-state index contributed by atoms with van der Waals surface area (Å²) < 4.78 is 0. The Balaban J connectivity index is 1.95. The molecule has 0 fully saturated rings. The lowest BCUT2D eigenvalue weighted by Gasteiger charge is -2.21. The molecule has 1 unspecified atom stereocenters. The van der Waals surface area contributed by atoms with Crippen molar-refractivity contribution in [2.75, 3.05) is 24.2 Å². The summed E-state index contributed by atoms with van der Waals surface area (Å²) in [5, 5.41) is 14.6. The van der Waals surface area contributed by atoms with Crippen molar-refractivity contribution in [1.29, 1.82) is 5.26 Å². The first kappa shape index (κ1) is 21.1. The second-order valence-corrected chi connectivity index (χ2v) is 7.25. The van der Waals surface area contributed by atoms with E-state index in [0.29, 0.717) is 11.3 Å². The topological polar surface area (TPSA) is 86.4 Å². The lowest BCUT2D eigenvalue weighted by atomic mass is 10.1. The molecule has 2 atom stereocenters. The third-order valence-electron chi connectivity index (χ3n) is 4.79. The van der Waals surface area contributed by atoms with E-state index >= 15 is 0 Å². The molecule has 2 aromatic carbocycles. The van der Waals surface area contributed by atoms with Gasteiger partial charge in [0.15, 0.2) is 12.6 Å². The Bertz CT molecular complexity index is 890. The molecule has 0 saturated carbocycles. The summed E-state index contributed by atoms with van der Waals surface area (Å²) in [6, 6.07) is 12.4. The fraction of sp³-hybridized carbons (Fsp3) is 0.318. The number of nitriles is 1. The van der Waals surface area contributed by atoms with Gasteiger partial charge in [-0.25, -0.2) is 0 Å². The maximum Gasteiger partial charge on any atom is 0.282 e. The number of nitrogens with one attached hydrogen (secondary N) is 3. The zero-order valence-electron chi connectivity index (χ0n) is 17.0. The summed E-state index contributed by atoms with van der Waals surface area (Å²) in [6.07, 6.45) is 0. The van der Waals surface area contributed by atoms with Crippen LogP contribution in [-0.4, -0.2) is 31.4 Å². The van der Waals surface area contributed by atoms with Crippen LogP contribution in [0.4, 0.5) is 11.4 Å². The number of carbonyl (C=O) groups is 2. The fourth-order valence-corrected chi connectivity index (χ4v) is 3.07. The van der Waals surface area contributed by atoms with Crippen molar-refractivity contribution in [3.8, 4) is 6.07 Å². The van der Waals surface area contributed by atoms with Crippen molar-refractivity contribution >= 4 is 23.2 Å². The Morgan fingerprint density at radius 2 is 1.64 bits per heavy atom. The van der Waals surface area contributed by atoms with E-state index in [1.54, 1.807) is 31.2 Å². The third kappa shape index (κ3) is 5.41. The summed E-state index contributed by atoms with van der Waals surface area (Å²) in [6.45, 7) is 7.93. The molecule has 3 N–H and O–H groups in total.